The standard InChI is InChI=1S/C18H13FN4O4/c19-12-4-6-13(7-5-12)23-18(20)15(9-21-23)17(25)11-2-1-3-14(8-11)27-10-16(24)22-26/h1-9H,10,20H2. The second-order valence-electron chi connectivity index (χ2n) is 5.46. The van der Waals surface area contributed by atoms with Crippen molar-refractivity contribution < 1.29 is 18.7 Å². The normalized spacial score (nSPS) is 10.4. The summed E-state index contributed by atoms with van der Waals surface area (Å²) in [5.41, 5.74) is 6.94. The first-order chi connectivity index (χ1) is 13.0. The fourth-order valence-corrected chi connectivity index (χ4v) is 2.37. The molecule has 0 unspecified atom stereocenters. The molecule has 3 rings (SSSR count). The molecule has 136 valence electrons. The zero-order valence-corrected chi connectivity index (χ0v) is 13.8. The first kappa shape index (κ1) is 17.9. The van der Waals surface area contributed by atoms with Crippen LogP contribution in [0.2, 0.25) is 0 Å². The fraction of sp³-hybridized carbons (Fsp3) is 0.0556. The zero-order valence-electron chi connectivity index (χ0n) is 13.8. The Kier molecular flexibility index (Phi) is 5.02. The number of nitroso groups, excluding NO2 is 1. The van der Waals surface area contributed by atoms with Crippen LogP contribution >= 0.6 is 0 Å². The second kappa shape index (κ2) is 7.56. The zero-order chi connectivity index (χ0) is 19.4. The van der Waals surface area contributed by atoms with Gasteiger partial charge < -0.3 is 10.5 Å². The highest BCUT2D eigenvalue weighted by atomic mass is 19.1. The highest BCUT2D eigenvalue weighted by Gasteiger charge is 2.18. The van der Waals surface area contributed by atoms with Crippen LogP contribution in [-0.4, -0.2) is 28.1 Å². The molecule has 0 aliphatic heterocycles. The Morgan fingerprint density at radius 1 is 1.19 bits per heavy atom. The van der Waals surface area contributed by atoms with Gasteiger partial charge in [-0.3, -0.25) is 9.59 Å². The van der Waals surface area contributed by atoms with Crippen molar-refractivity contribution in [3.63, 3.8) is 0 Å². The number of halogens is 1. The summed E-state index contributed by atoms with van der Waals surface area (Å²) in [5.74, 6) is -1.45. The van der Waals surface area contributed by atoms with E-state index in [-0.39, 0.29) is 22.7 Å². The van der Waals surface area contributed by atoms with Gasteiger partial charge in [0.25, 0.3) is 0 Å². The molecule has 1 aromatic heterocycles. The van der Waals surface area contributed by atoms with Crippen LogP contribution in [0.4, 0.5) is 10.2 Å². The number of nitrogens with two attached hydrogens (primary N) is 1. The fourth-order valence-electron chi connectivity index (χ4n) is 2.37. The van der Waals surface area contributed by atoms with Crippen molar-refractivity contribution in [3.8, 4) is 11.4 Å². The van der Waals surface area contributed by atoms with E-state index in [0.29, 0.717) is 5.69 Å². The van der Waals surface area contributed by atoms with Crippen molar-refractivity contribution in [1.29, 1.82) is 0 Å². The largest absolute Gasteiger partial charge is 0.484 e. The Bertz CT molecular complexity index is 1010. The third-order valence-corrected chi connectivity index (χ3v) is 3.68. The molecule has 9 heteroatoms. The van der Waals surface area contributed by atoms with Gasteiger partial charge in [0, 0.05) is 10.7 Å². The minimum atomic E-state index is -0.962. The van der Waals surface area contributed by atoms with Crippen LogP contribution in [0.1, 0.15) is 15.9 Å². The van der Waals surface area contributed by atoms with E-state index in [1.54, 1.807) is 12.1 Å². The van der Waals surface area contributed by atoms with Crippen molar-refractivity contribution >= 4 is 17.5 Å². The molecule has 0 bridgehead atoms. The molecule has 2 N–H and O–H groups in total. The minimum absolute atomic E-state index is 0.0956. The molecule has 0 atom stereocenters. The number of ether oxygens (including phenoxy) is 1. The van der Waals surface area contributed by atoms with Gasteiger partial charge in [-0.25, -0.2) is 9.07 Å². The van der Waals surface area contributed by atoms with Crippen LogP contribution in [0.3, 0.4) is 0 Å². The third-order valence-electron chi connectivity index (χ3n) is 3.68. The number of hydrogen-bond acceptors (Lipinski definition) is 6. The minimum Gasteiger partial charge on any atom is -0.484 e. The molecule has 8 nitrogen and oxygen atoms in total. The number of benzene rings is 2. The lowest BCUT2D eigenvalue weighted by Crippen LogP contribution is -2.09. The first-order valence-electron chi connectivity index (χ1n) is 7.73. The summed E-state index contributed by atoms with van der Waals surface area (Å²) in [6.07, 6.45) is 1.31. The van der Waals surface area contributed by atoms with Gasteiger partial charge >= 0.3 is 5.91 Å². The lowest BCUT2D eigenvalue weighted by Gasteiger charge is -2.07. The summed E-state index contributed by atoms with van der Waals surface area (Å²) in [6, 6.07) is 11.5. The predicted octanol–water partition coefficient (Wildman–Crippen LogP) is 2.50. The summed E-state index contributed by atoms with van der Waals surface area (Å²) in [5, 5.41) is 6.31. The third kappa shape index (κ3) is 3.87. The van der Waals surface area contributed by atoms with Gasteiger partial charge in [0.15, 0.2) is 12.4 Å². The molecule has 0 spiro atoms. The van der Waals surface area contributed by atoms with Gasteiger partial charge in [-0.15, -0.1) is 4.91 Å². The number of nitrogen functional groups attached to an aromatic ring is 1. The van der Waals surface area contributed by atoms with E-state index in [1.165, 1.54) is 47.3 Å². The Balaban J connectivity index is 1.85. The molecule has 0 radical (unpaired) electrons. The molecule has 0 fully saturated rings. The average molecular weight is 368 g/mol. The molecule has 0 saturated carbocycles. The highest BCUT2D eigenvalue weighted by Crippen LogP contribution is 2.22. The summed E-state index contributed by atoms with van der Waals surface area (Å²) >= 11 is 0. The Morgan fingerprint density at radius 2 is 1.93 bits per heavy atom. The Morgan fingerprint density at radius 3 is 2.63 bits per heavy atom. The summed E-state index contributed by atoms with van der Waals surface area (Å²) in [4.78, 5) is 33.7. The van der Waals surface area contributed by atoms with Crippen molar-refractivity contribution in [3.05, 3.63) is 76.6 Å². The molecule has 3 aromatic rings. The van der Waals surface area contributed by atoms with E-state index < -0.39 is 24.1 Å². The van der Waals surface area contributed by atoms with E-state index >= 15 is 0 Å². The smallest absolute Gasteiger partial charge is 0.323 e. The number of carbonyl (C=O) groups is 2. The maximum absolute atomic E-state index is 13.1. The Hall–Kier alpha value is -3.88. The van der Waals surface area contributed by atoms with E-state index in [4.69, 9.17) is 10.5 Å². The predicted molar refractivity (Wildman–Crippen MR) is 94.1 cm³/mol. The Labute approximate surface area is 152 Å². The highest BCUT2D eigenvalue weighted by molar-refractivity contribution is 6.11. The number of anilines is 1. The van der Waals surface area contributed by atoms with Crippen molar-refractivity contribution in [2.45, 2.75) is 0 Å². The number of amides is 1. The van der Waals surface area contributed by atoms with Gasteiger partial charge in [0.05, 0.1) is 17.4 Å². The molecule has 1 amide bonds. The summed E-state index contributed by atoms with van der Waals surface area (Å²) in [6.45, 7) is -0.522. The molecule has 1 heterocycles. The molecule has 27 heavy (non-hydrogen) atoms. The van der Waals surface area contributed by atoms with Gasteiger partial charge in [0.1, 0.15) is 17.4 Å². The maximum atomic E-state index is 13.1. The second-order valence-corrected chi connectivity index (χ2v) is 5.46. The van der Waals surface area contributed by atoms with Crippen LogP contribution in [0, 0.1) is 10.7 Å². The quantitative estimate of drug-likeness (QED) is 0.528. The van der Waals surface area contributed by atoms with Gasteiger partial charge in [-0.05, 0) is 36.4 Å². The van der Waals surface area contributed by atoms with Crippen LogP contribution < -0.4 is 10.5 Å². The van der Waals surface area contributed by atoms with Crippen molar-refractivity contribution in [2.24, 2.45) is 5.18 Å². The topological polar surface area (TPSA) is 117 Å². The lowest BCUT2D eigenvalue weighted by molar-refractivity contribution is -0.119. The number of hydrogen-bond donors (Lipinski definition) is 1. The van der Waals surface area contributed by atoms with Crippen LogP contribution in [0.15, 0.2) is 59.9 Å². The van der Waals surface area contributed by atoms with Crippen LogP contribution in [-0.2, 0) is 4.79 Å². The maximum Gasteiger partial charge on any atom is 0.323 e. The molecular formula is C18H13FN4O4. The van der Waals surface area contributed by atoms with Gasteiger partial charge in [-0.2, -0.15) is 5.10 Å². The number of nitrogens with zero attached hydrogens (tertiary/aromatic N) is 3. The number of rotatable bonds is 6. The molecule has 0 saturated heterocycles. The van der Waals surface area contributed by atoms with E-state index in [2.05, 4.69) is 10.3 Å². The van der Waals surface area contributed by atoms with E-state index in [0.717, 1.165) is 0 Å². The summed E-state index contributed by atoms with van der Waals surface area (Å²) in [7, 11) is 0. The SMILES string of the molecule is Nc1c(C(=O)c2cccc(OCC(=O)N=O)c2)cnn1-c1ccc(F)cc1. The number of aromatic nitrogens is 2. The van der Waals surface area contributed by atoms with Gasteiger partial charge in [0.2, 0.25) is 0 Å². The first-order valence-corrected chi connectivity index (χ1v) is 7.73. The monoisotopic (exact) mass is 368 g/mol. The van der Waals surface area contributed by atoms with Gasteiger partial charge in [-0.1, -0.05) is 12.1 Å². The molecule has 0 aliphatic carbocycles. The van der Waals surface area contributed by atoms with Crippen molar-refractivity contribution in [1.82, 2.24) is 9.78 Å². The van der Waals surface area contributed by atoms with Crippen molar-refractivity contribution in [2.75, 3.05) is 12.3 Å². The van der Waals surface area contributed by atoms with Crippen LogP contribution in [0.25, 0.3) is 5.69 Å². The lowest BCUT2D eigenvalue weighted by atomic mass is 10.1. The molecule has 2 aromatic carbocycles. The van der Waals surface area contributed by atoms with Crippen LogP contribution in [0.5, 0.6) is 5.75 Å². The summed E-state index contributed by atoms with van der Waals surface area (Å²) < 4.78 is 19.5. The number of carbonyl (C=O) groups excluding carboxylic acids is 2. The number of ketones is 1. The average Bonchev–Trinajstić information content (AvgIpc) is 3.07. The van der Waals surface area contributed by atoms with E-state index in [9.17, 15) is 18.9 Å². The van der Waals surface area contributed by atoms with E-state index in [1.807, 2.05) is 0 Å². The molecule has 0 aliphatic rings. The molecular weight excluding hydrogens is 355 g/mol.